The van der Waals surface area contributed by atoms with Crippen molar-refractivity contribution in [3.05, 3.63) is 0 Å². The first-order chi connectivity index (χ1) is 30.2. The number of sulfone groups is 1. The third-order valence-electron chi connectivity index (χ3n) is 18.5. The van der Waals surface area contributed by atoms with Crippen LogP contribution in [0.1, 0.15) is 200 Å². The number of unbranched alkanes of at least 4 members (excludes halogenated alkanes) is 6. The van der Waals surface area contributed by atoms with E-state index in [2.05, 4.69) is 23.2 Å². The zero-order valence-electron chi connectivity index (χ0n) is 38.3. The lowest BCUT2D eigenvalue weighted by atomic mass is 9.70. The van der Waals surface area contributed by atoms with E-state index in [1.807, 2.05) is 0 Å². The number of esters is 2. The summed E-state index contributed by atoms with van der Waals surface area (Å²) < 4.78 is 39.7. The van der Waals surface area contributed by atoms with Crippen LogP contribution in [0.25, 0.3) is 0 Å². The molecule has 8 aliphatic carbocycles. The number of carbonyl (C=O) groups excluding carboxylic acids is 3. The molecule has 0 aromatic rings. The minimum Gasteiger partial charge on any atom is -0.425 e. The van der Waals surface area contributed by atoms with Gasteiger partial charge < -0.3 is 9.47 Å². The highest BCUT2D eigenvalue weighted by Crippen LogP contribution is 2.56. The Labute approximate surface area is 374 Å². The molecule has 352 valence electrons. The van der Waals surface area contributed by atoms with Crippen LogP contribution in [0, 0.1) is 59.2 Å². The highest BCUT2D eigenvalue weighted by molar-refractivity contribution is 7.92. The number of hydrogen-bond donors (Lipinski definition) is 4. The number of rotatable bonds is 18. The van der Waals surface area contributed by atoms with E-state index in [-0.39, 0.29) is 58.2 Å². The van der Waals surface area contributed by atoms with Gasteiger partial charge in [-0.2, -0.15) is 0 Å². The number of fused-ring (bicyclic) bond motifs is 6. The number of nitrogens with one attached hydrogen (secondary N) is 3. The van der Waals surface area contributed by atoms with E-state index >= 15 is 0 Å². The van der Waals surface area contributed by atoms with E-state index in [0.717, 1.165) is 109 Å². The summed E-state index contributed by atoms with van der Waals surface area (Å²) in [5.74, 6) is 8.49. The van der Waals surface area contributed by atoms with Gasteiger partial charge >= 0.3 is 11.9 Å². The largest absolute Gasteiger partial charge is 0.425 e. The van der Waals surface area contributed by atoms with Crippen molar-refractivity contribution >= 4 is 27.6 Å². The van der Waals surface area contributed by atoms with E-state index in [4.69, 9.17) is 15.3 Å². The van der Waals surface area contributed by atoms with Gasteiger partial charge in [-0.3, -0.25) is 36.5 Å². The summed E-state index contributed by atoms with van der Waals surface area (Å²) in [4.78, 5) is 41.4. The van der Waals surface area contributed by atoms with Gasteiger partial charge in [0.2, 0.25) is 6.29 Å². The molecule has 8 saturated carbocycles. The molecule has 0 aliphatic heterocycles. The monoisotopic (exact) mass is 885 g/mol. The highest BCUT2D eigenvalue weighted by atomic mass is 32.2. The van der Waals surface area contributed by atoms with Crippen molar-refractivity contribution in [2.45, 2.75) is 234 Å². The highest BCUT2D eigenvalue weighted by Gasteiger charge is 2.55. The van der Waals surface area contributed by atoms with E-state index in [0.29, 0.717) is 73.0 Å². The van der Waals surface area contributed by atoms with Gasteiger partial charge in [0.25, 0.3) is 0 Å². The van der Waals surface area contributed by atoms with Crippen LogP contribution in [-0.2, 0) is 33.7 Å². The Hall–Kier alpha value is -1.60. The number of ether oxygens (including phenoxy) is 2. The third kappa shape index (κ3) is 10.7. The summed E-state index contributed by atoms with van der Waals surface area (Å²) in [5.41, 5.74) is 10.4. The Morgan fingerprint density at radius 1 is 0.581 bits per heavy atom. The maximum Gasteiger partial charge on any atom is 0.312 e. The molecule has 12 heteroatoms. The molecule has 8 aliphatic rings. The van der Waals surface area contributed by atoms with Crippen molar-refractivity contribution in [1.29, 1.82) is 0 Å². The van der Waals surface area contributed by atoms with E-state index in [9.17, 15) is 22.8 Å². The van der Waals surface area contributed by atoms with Crippen molar-refractivity contribution in [2.24, 2.45) is 65.0 Å². The van der Waals surface area contributed by atoms with Crippen LogP contribution in [0.15, 0.2) is 0 Å². The molecule has 0 spiro atoms. The smallest absolute Gasteiger partial charge is 0.312 e. The second-order valence-corrected chi connectivity index (χ2v) is 24.4. The fraction of sp³-hybridized carbons (Fsp3) is 0.940. The number of ketones is 1. The summed E-state index contributed by atoms with van der Waals surface area (Å²) in [6.07, 6.45) is 28.2. The summed E-state index contributed by atoms with van der Waals surface area (Å²) >= 11 is 0. The molecule has 0 aromatic carbocycles. The molecule has 0 heterocycles. The molecule has 0 saturated heterocycles. The van der Waals surface area contributed by atoms with Gasteiger partial charge in [0.15, 0.2) is 9.84 Å². The predicted molar refractivity (Wildman–Crippen MR) is 242 cm³/mol. The van der Waals surface area contributed by atoms with Gasteiger partial charge in [-0.1, -0.05) is 71.1 Å². The molecule has 8 rings (SSSR count). The van der Waals surface area contributed by atoms with Crippen molar-refractivity contribution in [1.82, 2.24) is 16.3 Å². The maximum atomic E-state index is 14.2. The quantitative estimate of drug-likeness (QED) is 0.0342. The summed E-state index contributed by atoms with van der Waals surface area (Å²) in [7, 11) is -3.14. The molecular formula is C50H84N4O7S. The Balaban J connectivity index is 0.842. The lowest BCUT2D eigenvalue weighted by Gasteiger charge is -2.37. The average molecular weight is 885 g/mol. The van der Waals surface area contributed by atoms with E-state index < -0.39 is 16.1 Å². The third-order valence-corrected chi connectivity index (χ3v) is 21.3. The molecule has 0 radical (unpaired) electrons. The van der Waals surface area contributed by atoms with E-state index in [1.165, 1.54) is 57.8 Å². The molecule has 0 bridgehead atoms. The maximum absolute atomic E-state index is 14.2. The first kappa shape index (κ1) is 46.9. The van der Waals surface area contributed by atoms with Crippen molar-refractivity contribution in [3.63, 3.8) is 0 Å². The number of hydrazine groups is 2. The minimum atomic E-state index is -3.14. The first-order valence-corrected chi connectivity index (χ1v) is 27.9. The molecule has 5 N–H and O–H groups in total. The van der Waals surface area contributed by atoms with Gasteiger partial charge in [-0.15, -0.1) is 0 Å². The molecular weight excluding hydrogens is 801 g/mol. The number of hydrogen-bond acceptors (Lipinski definition) is 11. The van der Waals surface area contributed by atoms with Crippen LogP contribution >= 0.6 is 0 Å². The first-order valence-electron chi connectivity index (χ1n) is 26.3. The van der Waals surface area contributed by atoms with Crippen LogP contribution in [0.4, 0.5) is 0 Å². The molecule has 62 heavy (non-hydrogen) atoms. The summed E-state index contributed by atoms with van der Waals surface area (Å²) in [6.45, 7) is 2.23. The molecule has 0 aromatic heterocycles. The van der Waals surface area contributed by atoms with Crippen molar-refractivity contribution < 1.29 is 32.3 Å². The molecule has 0 amide bonds. The molecule has 12 atom stereocenters. The average Bonchev–Trinajstić information content (AvgIpc) is 3.78. The minimum absolute atomic E-state index is 0.120. The standard InChI is InChI=1S/C50H84N4O7S/c1-2-3-4-5-6-7-8-17-46(61-50(57)33-19-29-43-45(31-33)39-14-10-12-16-42(39)48(43)55)60-49(56)32-18-28-41-44(30-32)38-13-9-11-15-40(38)47(41)54-53-35-22-26-37(27-23-35)62(58,59)36-24-20-34(52-51)21-25-36/h32-47,52-54H,2-31,51H2,1H3. The lowest BCUT2D eigenvalue weighted by Crippen LogP contribution is -2.53. The van der Waals surface area contributed by atoms with Crippen LogP contribution in [0.3, 0.4) is 0 Å². The van der Waals surface area contributed by atoms with Crippen LogP contribution < -0.4 is 22.1 Å². The van der Waals surface area contributed by atoms with Gasteiger partial charge in [0, 0.05) is 36.4 Å². The van der Waals surface area contributed by atoms with E-state index in [1.54, 1.807) is 0 Å². The zero-order chi connectivity index (χ0) is 43.2. The molecule has 12 unspecified atom stereocenters. The summed E-state index contributed by atoms with van der Waals surface area (Å²) in [5, 5.41) is -0.458. The number of carbonyl (C=O) groups is 3. The second-order valence-electron chi connectivity index (χ2n) is 21.9. The Morgan fingerprint density at radius 3 is 1.77 bits per heavy atom. The van der Waals surface area contributed by atoms with Crippen molar-refractivity contribution in [3.8, 4) is 0 Å². The topological polar surface area (TPSA) is 166 Å². The van der Waals surface area contributed by atoms with Crippen LogP contribution in [0.5, 0.6) is 0 Å². The zero-order valence-corrected chi connectivity index (χ0v) is 39.1. The normalized spacial score (nSPS) is 40.1. The molecule has 11 nitrogen and oxygen atoms in total. The van der Waals surface area contributed by atoms with Gasteiger partial charge in [-0.25, -0.2) is 8.42 Å². The lowest BCUT2D eigenvalue weighted by molar-refractivity contribution is -0.197. The van der Waals surface area contributed by atoms with Crippen LogP contribution in [-0.4, -0.2) is 61.1 Å². The fourth-order valence-corrected chi connectivity index (χ4v) is 17.5. The van der Waals surface area contributed by atoms with Gasteiger partial charge in [-0.05, 0) is 158 Å². The van der Waals surface area contributed by atoms with Gasteiger partial charge in [0.1, 0.15) is 5.78 Å². The summed E-state index contributed by atoms with van der Waals surface area (Å²) in [6, 6.07) is 0.854. The molecule has 8 fully saturated rings. The Bertz CT molecular complexity index is 1600. The Kier molecular flexibility index (Phi) is 16.5. The van der Waals surface area contributed by atoms with Gasteiger partial charge in [0.05, 0.1) is 22.3 Å². The predicted octanol–water partition coefficient (Wildman–Crippen LogP) is 8.78. The fourth-order valence-electron chi connectivity index (χ4n) is 15.1. The van der Waals surface area contributed by atoms with Crippen molar-refractivity contribution in [2.75, 3.05) is 0 Å². The second kappa shape index (κ2) is 21.8. The Morgan fingerprint density at radius 2 is 1.11 bits per heavy atom. The number of nitrogens with two attached hydrogens (primary N) is 1. The van der Waals surface area contributed by atoms with Crippen LogP contribution in [0.2, 0.25) is 0 Å². The SMILES string of the molecule is CCCCCCCCCC(OC(=O)C1CCC2C(=O)C3CCCCC3C2C1)OC(=O)C1CCC2C(C1)C1CCCCC1C2NNC1CCC(S(=O)(=O)C2CCC(NN)CC2)CC1. The number of Topliss-reactive ketones (excluding diaryl/α,β-unsaturated/α-hetero) is 1.